The van der Waals surface area contributed by atoms with Crippen LogP contribution in [0.3, 0.4) is 0 Å². The molecule has 1 N–H and O–H groups in total. The number of hydrogen-bond donors (Lipinski definition) is 1. The average Bonchev–Trinajstić information content (AvgIpc) is 2.74. The first-order valence-electron chi connectivity index (χ1n) is 3.66. The smallest absolute Gasteiger partial charge is 0.124 e. The van der Waals surface area contributed by atoms with Crippen molar-refractivity contribution >= 4 is 12.2 Å². The van der Waals surface area contributed by atoms with E-state index in [1.165, 1.54) is 0 Å². The molecule has 0 bridgehead atoms. The number of rotatable bonds is 2. The zero-order chi connectivity index (χ0) is 8.23. The van der Waals surface area contributed by atoms with E-state index in [0.29, 0.717) is 0 Å². The van der Waals surface area contributed by atoms with Crippen LogP contribution in [0.2, 0.25) is 0 Å². The molecule has 2 rings (SSSR count). The summed E-state index contributed by atoms with van der Waals surface area (Å²) in [4.78, 5) is 2.96. The zero-order valence-corrected chi connectivity index (χ0v) is 6.40. The molecule has 0 saturated carbocycles. The predicted molar refractivity (Wildman–Crippen MR) is 46.2 cm³/mol. The Morgan fingerprint density at radius 1 is 1.33 bits per heavy atom. The van der Waals surface area contributed by atoms with Gasteiger partial charge in [0, 0.05) is 18.5 Å². The molecule has 0 fully saturated rings. The Hall–Kier alpha value is -1.77. The van der Waals surface area contributed by atoms with Gasteiger partial charge < -0.3 is 9.51 Å². The van der Waals surface area contributed by atoms with Crippen molar-refractivity contribution in [2.24, 2.45) is 0 Å². The number of aromatic amines is 1. The van der Waals surface area contributed by atoms with E-state index in [1.54, 1.807) is 6.26 Å². The molecule has 2 aromatic heterocycles. The van der Waals surface area contributed by atoms with E-state index in [9.17, 15) is 0 Å². The van der Waals surface area contributed by atoms with Crippen molar-refractivity contribution in [2.75, 3.05) is 0 Å². The summed E-state index contributed by atoms with van der Waals surface area (Å²) in [6.45, 7) is 0. The number of H-pyrrole nitrogens is 1. The molecular formula is C9H8N2O. The van der Waals surface area contributed by atoms with Crippen LogP contribution < -0.4 is 0 Å². The van der Waals surface area contributed by atoms with Crippen molar-refractivity contribution in [3.05, 3.63) is 42.0 Å². The van der Waals surface area contributed by atoms with Crippen molar-refractivity contribution in [3.8, 4) is 0 Å². The van der Waals surface area contributed by atoms with Crippen LogP contribution in [0.1, 0.15) is 11.3 Å². The molecule has 0 unspecified atom stereocenters. The third-order valence-electron chi connectivity index (χ3n) is 1.53. The molecule has 0 aromatic carbocycles. The Kier molecular flexibility index (Phi) is 1.78. The van der Waals surface area contributed by atoms with Gasteiger partial charge >= 0.3 is 0 Å². The van der Waals surface area contributed by atoms with Crippen LogP contribution in [0.5, 0.6) is 0 Å². The molecule has 0 aliphatic rings. The minimum atomic E-state index is 0.830. The van der Waals surface area contributed by atoms with E-state index < -0.39 is 0 Å². The Morgan fingerprint density at radius 3 is 3.00 bits per heavy atom. The molecule has 0 saturated heterocycles. The van der Waals surface area contributed by atoms with Crippen LogP contribution in [0.4, 0.5) is 0 Å². The highest BCUT2D eigenvalue weighted by molar-refractivity contribution is 5.67. The highest BCUT2D eigenvalue weighted by atomic mass is 16.5. The Labute approximate surface area is 69.7 Å². The largest absolute Gasteiger partial charge is 0.367 e. The van der Waals surface area contributed by atoms with Gasteiger partial charge in [-0.3, -0.25) is 0 Å². The van der Waals surface area contributed by atoms with Gasteiger partial charge in [-0.25, -0.2) is 0 Å². The van der Waals surface area contributed by atoms with Gasteiger partial charge in [-0.15, -0.1) is 0 Å². The van der Waals surface area contributed by atoms with Crippen LogP contribution in [0.25, 0.3) is 12.2 Å². The molecule has 3 heteroatoms. The summed E-state index contributed by atoms with van der Waals surface area (Å²) in [5.74, 6) is 0. The summed E-state index contributed by atoms with van der Waals surface area (Å²) < 4.78 is 4.68. The van der Waals surface area contributed by atoms with E-state index >= 15 is 0 Å². The topological polar surface area (TPSA) is 41.8 Å². The summed E-state index contributed by atoms with van der Waals surface area (Å²) in [7, 11) is 0. The van der Waals surface area contributed by atoms with Crippen molar-refractivity contribution in [1.82, 2.24) is 10.1 Å². The lowest BCUT2D eigenvalue weighted by molar-refractivity contribution is 0.418. The number of nitrogens with one attached hydrogen (secondary N) is 1. The fourth-order valence-corrected chi connectivity index (χ4v) is 0.930. The van der Waals surface area contributed by atoms with Crippen molar-refractivity contribution in [1.29, 1.82) is 0 Å². The third-order valence-corrected chi connectivity index (χ3v) is 1.53. The molecule has 0 amide bonds. The Bertz CT molecular complexity index is 310. The first-order valence-corrected chi connectivity index (χ1v) is 3.66. The van der Waals surface area contributed by atoms with Gasteiger partial charge in [0.25, 0.3) is 0 Å². The normalized spacial score (nSPS) is 11.0. The molecule has 0 aliphatic heterocycles. The van der Waals surface area contributed by atoms with Crippen molar-refractivity contribution < 1.29 is 4.52 Å². The molecule has 0 atom stereocenters. The second-order valence-corrected chi connectivity index (χ2v) is 2.40. The first kappa shape index (κ1) is 6.91. The molecule has 2 aromatic rings. The minimum absolute atomic E-state index is 0.830. The van der Waals surface area contributed by atoms with Gasteiger partial charge in [0.2, 0.25) is 0 Å². The van der Waals surface area contributed by atoms with E-state index in [2.05, 4.69) is 14.7 Å². The Balaban J connectivity index is 2.14. The molecular weight excluding hydrogens is 152 g/mol. The average molecular weight is 160 g/mol. The first-order chi connectivity index (χ1) is 5.95. The lowest BCUT2D eigenvalue weighted by atomic mass is 10.3. The second kappa shape index (κ2) is 3.09. The SMILES string of the molecule is C(=Cc1ccon1)c1cc[nH]c1. The Morgan fingerprint density at radius 2 is 2.33 bits per heavy atom. The second-order valence-electron chi connectivity index (χ2n) is 2.40. The highest BCUT2D eigenvalue weighted by Gasteiger charge is 1.88. The minimum Gasteiger partial charge on any atom is -0.367 e. The lowest BCUT2D eigenvalue weighted by Gasteiger charge is -1.80. The fraction of sp³-hybridized carbons (Fsp3) is 0. The highest BCUT2D eigenvalue weighted by Crippen LogP contribution is 2.04. The van der Waals surface area contributed by atoms with Crippen LogP contribution in [0.15, 0.2) is 35.3 Å². The van der Waals surface area contributed by atoms with E-state index in [-0.39, 0.29) is 0 Å². The molecule has 12 heavy (non-hydrogen) atoms. The fourth-order valence-electron chi connectivity index (χ4n) is 0.930. The van der Waals surface area contributed by atoms with E-state index in [1.807, 2.05) is 36.7 Å². The number of nitrogens with zero attached hydrogens (tertiary/aromatic N) is 1. The quantitative estimate of drug-likeness (QED) is 0.731. The lowest BCUT2D eigenvalue weighted by Crippen LogP contribution is -1.66. The maximum Gasteiger partial charge on any atom is 0.124 e. The molecule has 3 nitrogen and oxygen atoms in total. The van der Waals surface area contributed by atoms with Crippen LogP contribution in [0, 0.1) is 0 Å². The van der Waals surface area contributed by atoms with Crippen LogP contribution in [-0.2, 0) is 0 Å². The van der Waals surface area contributed by atoms with Gasteiger partial charge in [-0.05, 0) is 17.7 Å². The van der Waals surface area contributed by atoms with E-state index in [0.717, 1.165) is 11.3 Å². The standard InChI is InChI=1S/C9H8N2O/c1(8-3-5-10-7-8)2-9-4-6-12-11-9/h1-7,10H. The van der Waals surface area contributed by atoms with Crippen LogP contribution >= 0.6 is 0 Å². The van der Waals surface area contributed by atoms with Gasteiger partial charge in [0.15, 0.2) is 0 Å². The van der Waals surface area contributed by atoms with Gasteiger partial charge in [-0.2, -0.15) is 0 Å². The van der Waals surface area contributed by atoms with Gasteiger partial charge in [-0.1, -0.05) is 11.2 Å². The summed E-state index contributed by atoms with van der Waals surface area (Å²) in [6, 6.07) is 3.79. The predicted octanol–water partition coefficient (Wildman–Crippen LogP) is 2.17. The zero-order valence-electron chi connectivity index (χ0n) is 6.40. The molecule has 60 valence electrons. The summed E-state index contributed by atoms with van der Waals surface area (Å²) in [5, 5.41) is 3.74. The maximum absolute atomic E-state index is 4.68. The molecule has 0 spiro atoms. The van der Waals surface area contributed by atoms with E-state index in [4.69, 9.17) is 0 Å². The molecule has 0 radical (unpaired) electrons. The summed E-state index contributed by atoms with van der Waals surface area (Å²) in [6.07, 6.45) is 9.21. The van der Waals surface area contributed by atoms with Crippen LogP contribution in [-0.4, -0.2) is 10.1 Å². The van der Waals surface area contributed by atoms with Gasteiger partial charge in [0.1, 0.15) is 12.0 Å². The van der Waals surface area contributed by atoms with Gasteiger partial charge in [0.05, 0.1) is 0 Å². The maximum atomic E-state index is 4.68. The molecule has 2 heterocycles. The third kappa shape index (κ3) is 1.45. The molecule has 0 aliphatic carbocycles. The number of aromatic nitrogens is 2. The van der Waals surface area contributed by atoms with Crippen molar-refractivity contribution in [2.45, 2.75) is 0 Å². The summed E-state index contributed by atoms with van der Waals surface area (Å²) >= 11 is 0. The number of hydrogen-bond acceptors (Lipinski definition) is 2. The monoisotopic (exact) mass is 160 g/mol. The van der Waals surface area contributed by atoms with Crippen molar-refractivity contribution in [3.63, 3.8) is 0 Å². The summed E-state index contributed by atoms with van der Waals surface area (Å²) in [5.41, 5.74) is 1.95.